The first-order valence-electron chi connectivity index (χ1n) is 8.69. The molecule has 1 fully saturated rings. The first-order chi connectivity index (χ1) is 11.6. The number of guanidine groups is 1. The van der Waals surface area contributed by atoms with Crippen molar-refractivity contribution >= 4 is 12.1 Å². The number of aryl methyl sites for hydroxylation is 1. The first kappa shape index (κ1) is 18.1. The zero-order chi connectivity index (χ0) is 17.4. The van der Waals surface area contributed by atoms with Gasteiger partial charge in [-0.05, 0) is 37.3 Å². The van der Waals surface area contributed by atoms with Crippen LogP contribution < -0.4 is 11.1 Å². The number of amides is 1. The standard InChI is InChI=1S/C18H28N4O2/c1-3-14-7-5-6-8-15(14)13-20-17(19)21-16-9-11-22(12-10-16)18(23)24-4-2/h5-8,16H,3-4,9-13H2,1-2H3,(H3,19,20,21). The van der Waals surface area contributed by atoms with Gasteiger partial charge in [-0.1, -0.05) is 31.2 Å². The molecular formula is C18H28N4O2. The molecule has 3 N–H and O–H groups in total. The molecule has 0 radical (unpaired) electrons. The van der Waals surface area contributed by atoms with Crippen molar-refractivity contribution in [2.24, 2.45) is 10.7 Å². The maximum atomic E-state index is 11.7. The third-order valence-corrected chi connectivity index (χ3v) is 4.29. The lowest BCUT2D eigenvalue weighted by Gasteiger charge is -2.31. The van der Waals surface area contributed by atoms with E-state index < -0.39 is 0 Å². The van der Waals surface area contributed by atoms with Gasteiger partial charge in [-0.2, -0.15) is 0 Å². The predicted octanol–water partition coefficient (Wildman–Crippen LogP) is 2.27. The van der Waals surface area contributed by atoms with Gasteiger partial charge in [0.15, 0.2) is 5.96 Å². The highest BCUT2D eigenvalue weighted by Crippen LogP contribution is 2.12. The number of nitrogens with one attached hydrogen (secondary N) is 1. The van der Waals surface area contributed by atoms with Crippen molar-refractivity contribution in [2.45, 2.75) is 45.7 Å². The van der Waals surface area contributed by atoms with Crippen molar-refractivity contribution in [3.8, 4) is 0 Å². The molecule has 0 unspecified atom stereocenters. The molecule has 0 atom stereocenters. The number of likely N-dealkylation sites (tertiary alicyclic amines) is 1. The van der Waals surface area contributed by atoms with Crippen LogP contribution in [0.2, 0.25) is 0 Å². The number of aliphatic imine (C=N–C) groups is 1. The van der Waals surface area contributed by atoms with Crippen LogP contribution in [0.15, 0.2) is 29.3 Å². The summed E-state index contributed by atoms with van der Waals surface area (Å²) < 4.78 is 5.03. The molecule has 0 spiro atoms. The van der Waals surface area contributed by atoms with Crippen molar-refractivity contribution in [1.29, 1.82) is 0 Å². The van der Waals surface area contributed by atoms with Crippen LogP contribution in [-0.4, -0.2) is 42.7 Å². The van der Waals surface area contributed by atoms with Gasteiger partial charge in [0.1, 0.15) is 0 Å². The van der Waals surface area contributed by atoms with Gasteiger partial charge in [-0.3, -0.25) is 0 Å². The van der Waals surface area contributed by atoms with Gasteiger partial charge >= 0.3 is 6.09 Å². The molecule has 0 aliphatic carbocycles. The number of hydrogen-bond acceptors (Lipinski definition) is 3. The third kappa shape index (κ3) is 5.15. The normalized spacial score (nSPS) is 16.1. The van der Waals surface area contributed by atoms with Crippen LogP contribution in [0.25, 0.3) is 0 Å². The van der Waals surface area contributed by atoms with Crippen LogP contribution in [0.4, 0.5) is 4.79 Å². The van der Waals surface area contributed by atoms with Gasteiger partial charge in [-0.15, -0.1) is 0 Å². The molecule has 1 amide bonds. The highest BCUT2D eigenvalue weighted by Gasteiger charge is 2.23. The Balaban J connectivity index is 1.80. The summed E-state index contributed by atoms with van der Waals surface area (Å²) in [6.07, 6.45) is 2.46. The average molecular weight is 332 g/mol. The van der Waals surface area contributed by atoms with Gasteiger partial charge in [0, 0.05) is 19.1 Å². The quantitative estimate of drug-likeness (QED) is 0.640. The minimum absolute atomic E-state index is 0.228. The van der Waals surface area contributed by atoms with Crippen LogP contribution in [-0.2, 0) is 17.7 Å². The molecule has 24 heavy (non-hydrogen) atoms. The number of hydrogen-bond donors (Lipinski definition) is 2. The number of carbonyl (C=O) groups is 1. The van der Waals surface area contributed by atoms with Crippen molar-refractivity contribution < 1.29 is 9.53 Å². The summed E-state index contributed by atoms with van der Waals surface area (Å²) in [7, 11) is 0. The Hall–Kier alpha value is -2.24. The van der Waals surface area contributed by atoms with E-state index in [0.29, 0.717) is 32.2 Å². The second kappa shape index (κ2) is 9.15. The highest BCUT2D eigenvalue weighted by atomic mass is 16.6. The number of ether oxygens (including phenoxy) is 1. The van der Waals surface area contributed by atoms with Crippen LogP contribution in [0, 0.1) is 0 Å². The molecular weight excluding hydrogens is 304 g/mol. The lowest BCUT2D eigenvalue weighted by Crippen LogP contribution is -2.48. The minimum Gasteiger partial charge on any atom is -0.450 e. The van der Waals surface area contributed by atoms with Crippen molar-refractivity contribution in [3.63, 3.8) is 0 Å². The maximum absolute atomic E-state index is 11.7. The Bertz CT molecular complexity index is 566. The van der Waals surface area contributed by atoms with Gasteiger partial charge in [-0.25, -0.2) is 9.79 Å². The summed E-state index contributed by atoms with van der Waals surface area (Å²) in [4.78, 5) is 17.9. The largest absolute Gasteiger partial charge is 0.450 e. The molecule has 0 bridgehead atoms. The van der Waals surface area contributed by atoms with Gasteiger partial charge in [0.25, 0.3) is 0 Å². The van der Waals surface area contributed by atoms with E-state index in [4.69, 9.17) is 10.5 Å². The lowest BCUT2D eigenvalue weighted by atomic mass is 10.1. The molecule has 0 saturated carbocycles. The summed E-state index contributed by atoms with van der Waals surface area (Å²) in [6.45, 7) is 6.33. The van der Waals surface area contributed by atoms with Crippen LogP contribution in [0.5, 0.6) is 0 Å². The van der Waals surface area contributed by atoms with Crippen molar-refractivity contribution in [2.75, 3.05) is 19.7 Å². The summed E-state index contributed by atoms with van der Waals surface area (Å²) in [5.74, 6) is 0.468. The number of rotatable bonds is 5. The third-order valence-electron chi connectivity index (χ3n) is 4.29. The molecule has 0 aromatic heterocycles. The summed E-state index contributed by atoms with van der Waals surface area (Å²) >= 11 is 0. The predicted molar refractivity (Wildman–Crippen MR) is 95.9 cm³/mol. The van der Waals surface area contributed by atoms with E-state index in [2.05, 4.69) is 29.4 Å². The van der Waals surface area contributed by atoms with Gasteiger partial charge in [0.05, 0.1) is 13.2 Å². The Kier molecular flexibility index (Phi) is 6.90. The van der Waals surface area contributed by atoms with E-state index in [1.54, 1.807) is 4.90 Å². The molecule has 1 aromatic rings. The van der Waals surface area contributed by atoms with E-state index in [0.717, 1.165) is 19.3 Å². The number of piperidine rings is 1. The second-order valence-corrected chi connectivity index (χ2v) is 5.93. The lowest BCUT2D eigenvalue weighted by molar-refractivity contribution is 0.0963. The van der Waals surface area contributed by atoms with E-state index in [9.17, 15) is 4.79 Å². The average Bonchev–Trinajstić information content (AvgIpc) is 2.61. The summed E-state index contributed by atoms with van der Waals surface area (Å²) in [5.41, 5.74) is 8.53. The zero-order valence-electron chi connectivity index (χ0n) is 14.6. The summed E-state index contributed by atoms with van der Waals surface area (Å²) in [5, 5.41) is 3.27. The minimum atomic E-state index is -0.228. The molecule has 1 aliphatic rings. The van der Waals surface area contributed by atoms with E-state index in [1.807, 2.05) is 19.1 Å². The van der Waals surface area contributed by atoms with Crippen molar-refractivity contribution in [3.05, 3.63) is 35.4 Å². The SMILES string of the molecule is CCOC(=O)N1CCC(NC(N)=NCc2ccccc2CC)CC1. The smallest absolute Gasteiger partial charge is 0.409 e. The van der Waals surface area contributed by atoms with Gasteiger partial charge in [0.2, 0.25) is 0 Å². The van der Waals surface area contributed by atoms with E-state index in [-0.39, 0.29) is 12.1 Å². The number of carbonyl (C=O) groups excluding carboxylic acids is 1. The topological polar surface area (TPSA) is 80.0 Å². The molecule has 1 aliphatic heterocycles. The fourth-order valence-electron chi connectivity index (χ4n) is 2.90. The first-order valence-corrected chi connectivity index (χ1v) is 8.69. The van der Waals surface area contributed by atoms with Crippen LogP contribution in [0.3, 0.4) is 0 Å². The zero-order valence-corrected chi connectivity index (χ0v) is 14.6. The Morgan fingerprint density at radius 1 is 1.29 bits per heavy atom. The second-order valence-electron chi connectivity index (χ2n) is 5.93. The van der Waals surface area contributed by atoms with E-state index in [1.165, 1.54) is 11.1 Å². The molecule has 6 nitrogen and oxygen atoms in total. The Labute approximate surface area is 144 Å². The van der Waals surface area contributed by atoms with Crippen LogP contribution >= 0.6 is 0 Å². The molecule has 132 valence electrons. The number of nitrogens with zero attached hydrogens (tertiary/aromatic N) is 2. The Morgan fingerprint density at radius 3 is 2.58 bits per heavy atom. The van der Waals surface area contributed by atoms with Crippen molar-refractivity contribution in [1.82, 2.24) is 10.2 Å². The number of nitrogens with two attached hydrogens (primary N) is 1. The molecule has 2 rings (SSSR count). The molecule has 1 heterocycles. The number of benzene rings is 1. The fraction of sp³-hybridized carbons (Fsp3) is 0.556. The molecule has 1 aromatic carbocycles. The van der Waals surface area contributed by atoms with E-state index >= 15 is 0 Å². The highest BCUT2D eigenvalue weighted by molar-refractivity contribution is 5.78. The maximum Gasteiger partial charge on any atom is 0.409 e. The summed E-state index contributed by atoms with van der Waals surface area (Å²) in [6, 6.07) is 8.54. The monoisotopic (exact) mass is 332 g/mol. The fourth-order valence-corrected chi connectivity index (χ4v) is 2.90. The molecule has 6 heteroatoms. The molecule has 1 saturated heterocycles. The Morgan fingerprint density at radius 2 is 1.96 bits per heavy atom. The van der Waals surface area contributed by atoms with Crippen LogP contribution in [0.1, 0.15) is 37.8 Å². The van der Waals surface area contributed by atoms with Gasteiger partial charge < -0.3 is 20.7 Å².